The molecule has 1 amide bonds. The molecule has 1 N–H and O–H groups in total. The summed E-state index contributed by atoms with van der Waals surface area (Å²) in [6, 6.07) is 2.26. The SMILES string of the molecule is CC(C)c1ocnc1C(=O)Nc1cc(F)c(N2CCCC2)c(F)c1. The van der Waals surface area contributed by atoms with Gasteiger partial charge in [0.1, 0.15) is 11.4 Å². The Morgan fingerprint density at radius 1 is 1.25 bits per heavy atom. The highest BCUT2D eigenvalue weighted by Crippen LogP contribution is 2.30. The van der Waals surface area contributed by atoms with Crippen LogP contribution in [0.15, 0.2) is 22.9 Å². The number of rotatable bonds is 4. The van der Waals surface area contributed by atoms with E-state index in [-0.39, 0.29) is 23.0 Å². The van der Waals surface area contributed by atoms with E-state index < -0.39 is 17.5 Å². The van der Waals surface area contributed by atoms with Crippen molar-refractivity contribution in [3.63, 3.8) is 0 Å². The molecule has 0 spiro atoms. The lowest BCUT2D eigenvalue weighted by atomic mass is 10.1. The third kappa shape index (κ3) is 3.11. The fourth-order valence-corrected chi connectivity index (χ4v) is 2.91. The van der Waals surface area contributed by atoms with E-state index in [0.29, 0.717) is 18.8 Å². The van der Waals surface area contributed by atoms with E-state index in [1.165, 1.54) is 6.39 Å². The molecule has 1 aromatic carbocycles. The summed E-state index contributed by atoms with van der Waals surface area (Å²) >= 11 is 0. The van der Waals surface area contributed by atoms with Gasteiger partial charge in [-0.2, -0.15) is 0 Å². The van der Waals surface area contributed by atoms with Crippen molar-refractivity contribution in [3.05, 3.63) is 41.6 Å². The molecule has 0 bridgehead atoms. The van der Waals surface area contributed by atoms with Gasteiger partial charge >= 0.3 is 0 Å². The number of carbonyl (C=O) groups excluding carboxylic acids is 1. The van der Waals surface area contributed by atoms with E-state index in [2.05, 4.69) is 10.3 Å². The van der Waals surface area contributed by atoms with Crippen LogP contribution in [0.5, 0.6) is 0 Å². The van der Waals surface area contributed by atoms with Crippen molar-refractivity contribution in [3.8, 4) is 0 Å². The molecule has 1 aliphatic heterocycles. The van der Waals surface area contributed by atoms with Crippen LogP contribution in [0.4, 0.5) is 20.2 Å². The van der Waals surface area contributed by atoms with Gasteiger partial charge in [0, 0.05) is 24.7 Å². The lowest BCUT2D eigenvalue weighted by molar-refractivity contribution is 0.102. The van der Waals surface area contributed by atoms with Crippen LogP contribution in [0.1, 0.15) is 48.9 Å². The number of nitrogens with one attached hydrogen (secondary N) is 1. The third-order valence-electron chi connectivity index (χ3n) is 4.03. The maximum Gasteiger partial charge on any atom is 0.277 e. The zero-order chi connectivity index (χ0) is 17.3. The number of hydrogen-bond donors (Lipinski definition) is 1. The molecule has 0 aliphatic carbocycles. The topological polar surface area (TPSA) is 58.4 Å². The number of aromatic nitrogens is 1. The normalized spacial score (nSPS) is 14.5. The van der Waals surface area contributed by atoms with E-state index in [4.69, 9.17) is 4.42 Å². The highest BCUT2D eigenvalue weighted by molar-refractivity contribution is 6.03. The Morgan fingerprint density at radius 3 is 2.46 bits per heavy atom. The predicted molar refractivity (Wildman–Crippen MR) is 86.4 cm³/mol. The van der Waals surface area contributed by atoms with E-state index in [9.17, 15) is 13.6 Å². The average Bonchev–Trinajstić information content (AvgIpc) is 3.18. The second kappa shape index (κ2) is 6.59. The second-order valence-electron chi connectivity index (χ2n) is 6.16. The number of anilines is 2. The first-order valence-corrected chi connectivity index (χ1v) is 7.96. The van der Waals surface area contributed by atoms with Gasteiger partial charge in [0.25, 0.3) is 5.91 Å². The van der Waals surface area contributed by atoms with Crippen LogP contribution in [0, 0.1) is 11.6 Å². The van der Waals surface area contributed by atoms with Gasteiger partial charge < -0.3 is 14.6 Å². The summed E-state index contributed by atoms with van der Waals surface area (Å²) in [6.45, 7) is 5.00. The third-order valence-corrected chi connectivity index (χ3v) is 4.03. The van der Waals surface area contributed by atoms with Crippen LogP contribution < -0.4 is 10.2 Å². The number of benzene rings is 1. The van der Waals surface area contributed by atoms with Crippen LogP contribution in [0.25, 0.3) is 0 Å². The highest BCUT2D eigenvalue weighted by Gasteiger charge is 2.23. The molecule has 2 heterocycles. The first-order valence-electron chi connectivity index (χ1n) is 7.96. The summed E-state index contributed by atoms with van der Waals surface area (Å²) in [5.41, 5.74) is 0.139. The molecule has 128 valence electrons. The molecule has 24 heavy (non-hydrogen) atoms. The van der Waals surface area contributed by atoms with Gasteiger partial charge in [-0.1, -0.05) is 13.8 Å². The largest absolute Gasteiger partial charge is 0.447 e. The fourth-order valence-electron chi connectivity index (χ4n) is 2.91. The minimum absolute atomic E-state index is 0.0285. The Labute approximate surface area is 138 Å². The zero-order valence-corrected chi connectivity index (χ0v) is 13.6. The maximum atomic E-state index is 14.3. The summed E-state index contributed by atoms with van der Waals surface area (Å²) in [5, 5.41) is 2.48. The smallest absolute Gasteiger partial charge is 0.277 e. The average molecular weight is 335 g/mol. The number of hydrogen-bond acceptors (Lipinski definition) is 4. The molecule has 3 rings (SSSR count). The van der Waals surface area contributed by atoms with Crippen LogP contribution in [-0.4, -0.2) is 24.0 Å². The van der Waals surface area contributed by atoms with E-state index in [1.54, 1.807) is 4.90 Å². The monoisotopic (exact) mass is 335 g/mol. The molecular weight excluding hydrogens is 316 g/mol. The molecule has 1 aliphatic rings. The second-order valence-corrected chi connectivity index (χ2v) is 6.16. The van der Waals surface area contributed by atoms with Crippen molar-refractivity contribution in [2.45, 2.75) is 32.6 Å². The van der Waals surface area contributed by atoms with Crippen molar-refractivity contribution >= 4 is 17.3 Å². The molecule has 1 saturated heterocycles. The van der Waals surface area contributed by atoms with Gasteiger partial charge in [-0.3, -0.25) is 4.79 Å². The first kappa shape index (κ1) is 16.4. The van der Waals surface area contributed by atoms with Crippen molar-refractivity contribution in [2.24, 2.45) is 0 Å². The molecule has 0 radical (unpaired) electrons. The van der Waals surface area contributed by atoms with Crippen molar-refractivity contribution < 1.29 is 18.0 Å². The minimum atomic E-state index is -0.684. The van der Waals surface area contributed by atoms with Crippen molar-refractivity contribution in [1.82, 2.24) is 4.98 Å². The van der Waals surface area contributed by atoms with Crippen LogP contribution >= 0.6 is 0 Å². The highest BCUT2D eigenvalue weighted by atomic mass is 19.1. The lowest BCUT2D eigenvalue weighted by Gasteiger charge is -2.19. The molecule has 5 nitrogen and oxygen atoms in total. The summed E-state index contributed by atoms with van der Waals surface area (Å²) in [6.07, 6.45) is 3.02. The van der Waals surface area contributed by atoms with Crippen molar-refractivity contribution in [2.75, 3.05) is 23.3 Å². The molecule has 2 aromatic rings. The van der Waals surface area contributed by atoms with Gasteiger partial charge in [0.05, 0.1) is 0 Å². The molecule has 7 heteroatoms. The van der Waals surface area contributed by atoms with Crippen LogP contribution in [-0.2, 0) is 0 Å². The number of nitrogens with zero attached hydrogens (tertiary/aromatic N) is 2. The van der Waals surface area contributed by atoms with Gasteiger partial charge in [-0.15, -0.1) is 0 Å². The van der Waals surface area contributed by atoms with Crippen molar-refractivity contribution in [1.29, 1.82) is 0 Å². The minimum Gasteiger partial charge on any atom is -0.447 e. The van der Waals surface area contributed by atoms with Gasteiger partial charge in [0.2, 0.25) is 0 Å². The van der Waals surface area contributed by atoms with Crippen LogP contribution in [0.3, 0.4) is 0 Å². The Morgan fingerprint density at radius 2 is 1.88 bits per heavy atom. The Kier molecular flexibility index (Phi) is 4.51. The van der Waals surface area contributed by atoms with E-state index in [1.807, 2.05) is 13.8 Å². The molecule has 1 aromatic heterocycles. The molecule has 1 fully saturated rings. The maximum absolute atomic E-state index is 14.3. The first-order chi connectivity index (χ1) is 11.5. The van der Waals surface area contributed by atoms with E-state index in [0.717, 1.165) is 25.0 Å². The summed E-state index contributed by atoms with van der Waals surface area (Å²) in [7, 11) is 0. The Balaban J connectivity index is 1.83. The van der Waals surface area contributed by atoms with E-state index >= 15 is 0 Å². The predicted octanol–water partition coefficient (Wildman–Crippen LogP) is 3.93. The Hall–Kier alpha value is -2.44. The summed E-state index contributed by atoms with van der Waals surface area (Å²) in [4.78, 5) is 17.8. The standard InChI is InChI=1S/C17H19F2N3O2/c1-10(2)16-14(20-9-24-16)17(23)21-11-7-12(18)15(13(19)8-11)22-5-3-4-6-22/h7-10H,3-6H2,1-2H3,(H,21,23). The number of carbonyl (C=O) groups is 1. The fraction of sp³-hybridized carbons (Fsp3) is 0.412. The quantitative estimate of drug-likeness (QED) is 0.920. The molecule has 0 atom stereocenters. The molecule has 0 saturated carbocycles. The summed E-state index contributed by atoms with van der Waals surface area (Å²) in [5.74, 6) is -1.52. The number of amides is 1. The number of oxazole rings is 1. The Bertz CT molecular complexity index is 729. The van der Waals surface area contributed by atoms with Gasteiger partial charge in [0.15, 0.2) is 23.7 Å². The van der Waals surface area contributed by atoms with Gasteiger partial charge in [-0.25, -0.2) is 13.8 Å². The van der Waals surface area contributed by atoms with Crippen LogP contribution in [0.2, 0.25) is 0 Å². The summed E-state index contributed by atoms with van der Waals surface area (Å²) < 4.78 is 33.8. The molecular formula is C17H19F2N3O2. The lowest BCUT2D eigenvalue weighted by Crippen LogP contribution is -2.21. The molecule has 0 unspecified atom stereocenters. The number of halogens is 2. The zero-order valence-electron chi connectivity index (χ0n) is 13.6. The van der Waals surface area contributed by atoms with Gasteiger partial charge in [-0.05, 0) is 25.0 Å².